The molecule has 0 aliphatic carbocycles. The van der Waals surface area contributed by atoms with Gasteiger partial charge in [-0.1, -0.05) is 0 Å². The van der Waals surface area contributed by atoms with E-state index in [1.807, 2.05) is 0 Å². The van der Waals surface area contributed by atoms with Crippen molar-refractivity contribution in [1.29, 1.82) is 0 Å². The summed E-state index contributed by atoms with van der Waals surface area (Å²) in [5.41, 5.74) is 0. The van der Waals surface area contributed by atoms with E-state index in [1.54, 1.807) is 0 Å². The Morgan fingerprint density at radius 1 is 0.419 bits per heavy atom. The molecule has 0 amide bonds. The molecule has 0 N–H and O–H groups in total. The largest absolute Gasteiger partial charge is 1.20 e. The summed E-state index contributed by atoms with van der Waals surface area (Å²) in [4.78, 5) is 32.2. The maximum Gasteiger partial charge on any atom is 1.20 e. The SMILES string of the molecule is O=C([O][Al]([O]C(=O)C(F)(F)C(F)(F)F)[O]C(=O)C(F)(F)C(F)(F)F)C(F)(F)C(F)(F)F. The van der Waals surface area contributed by atoms with Gasteiger partial charge in [0.15, 0.2) is 0 Å². The zero-order valence-corrected chi connectivity index (χ0v) is 14.4. The molecule has 0 aliphatic heterocycles. The van der Waals surface area contributed by atoms with Crippen molar-refractivity contribution in [2.45, 2.75) is 36.3 Å². The van der Waals surface area contributed by atoms with E-state index in [4.69, 9.17) is 0 Å². The minimum atomic E-state index is -6.90. The van der Waals surface area contributed by atoms with Gasteiger partial charge in [-0.25, -0.2) is 14.4 Å². The topological polar surface area (TPSA) is 78.9 Å². The van der Waals surface area contributed by atoms with Crippen LogP contribution in [0.25, 0.3) is 0 Å². The fourth-order valence-corrected chi connectivity index (χ4v) is 2.02. The highest BCUT2D eigenvalue weighted by molar-refractivity contribution is 6.44. The van der Waals surface area contributed by atoms with E-state index in [9.17, 15) is 80.2 Å². The van der Waals surface area contributed by atoms with Crippen molar-refractivity contribution in [3.8, 4) is 0 Å². The van der Waals surface area contributed by atoms with Crippen molar-refractivity contribution in [2.24, 2.45) is 0 Å². The average molecular weight is 516 g/mol. The van der Waals surface area contributed by atoms with Gasteiger partial charge in [0.2, 0.25) is 0 Å². The molecule has 0 bridgehead atoms. The molecule has 0 aromatic heterocycles. The van der Waals surface area contributed by atoms with Crippen molar-refractivity contribution < 1.29 is 91.6 Å². The van der Waals surface area contributed by atoms with Crippen LogP contribution in [0, 0.1) is 0 Å². The number of carbonyl (C=O) groups excluding carboxylic acids is 3. The highest BCUT2D eigenvalue weighted by Gasteiger charge is 2.72. The molecular formula is C9AlF15O6. The van der Waals surface area contributed by atoms with Gasteiger partial charge < -0.3 is 11.4 Å². The van der Waals surface area contributed by atoms with Gasteiger partial charge >= 0.3 is 69.4 Å². The minimum Gasteiger partial charge on any atom is -0.546 e. The van der Waals surface area contributed by atoms with Crippen LogP contribution in [0.15, 0.2) is 0 Å². The van der Waals surface area contributed by atoms with Crippen molar-refractivity contribution >= 4 is 33.1 Å². The summed E-state index contributed by atoms with van der Waals surface area (Å²) in [6, 6.07) is 0. The molecule has 0 atom stereocenters. The Bertz CT molecular complexity index is 612. The molecule has 0 fully saturated rings. The molecule has 0 aromatic carbocycles. The first-order valence-corrected chi connectivity index (χ1v) is 7.68. The Labute approximate surface area is 162 Å². The first-order valence-electron chi connectivity index (χ1n) is 6.27. The monoisotopic (exact) mass is 516 g/mol. The van der Waals surface area contributed by atoms with Crippen LogP contribution in [-0.2, 0) is 25.7 Å². The van der Waals surface area contributed by atoms with Crippen LogP contribution >= 0.6 is 0 Å². The van der Waals surface area contributed by atoms with Crippen LogP contribution < -0.4 is 0 Å². The van der Waals surface area contributed by atoms with Gasteiger partial charge in [-0.2, -0.15) is 65.9 Å². The van der Waals surface area contributed by atoms with Gasteiger partial charge in [0.05, 0.1) is 0 Å². The highest BCUT2D eigenvalue weighted by Crippen LogP contribution is 2.39. The molecule has 31 heavy (non-hydrogen) atoms. The summed E-state index contributed by atoms with van der Waals surface area (Å²) in [5, 5.41) is 0. The number of hydrogen-bond acceptors (Lipinski definition) is 6. The zero-order valence-electron chi connectivity index (χ0n) is 13.2. The fourth-order valence-electron chi connectivity index (χ4n) is 0.904. The van der Waals surface area contributed by atoms with E-state index in [0.717, 1.165) is 0 Å². The predicted octanol–water partition coefficient (Wildman–Crippen LogP) is 3.19. The number of carbonyl (C=O) groups is 3. The van der Waals surface area contributed by atoms with E-state index in [0.29, 0.717) is 0 Å². The number of hydrogen-bond donors (Lipinski definition) is 0. The lowest BCUT2D eigenvalue weighted by Crippen LogP contribution is -2.53. The van der Waals surface area contributed by atoms with Gasteiger partial charge in [-0.3, -0.25) is 0 Å². The predicted molar refractivity (Wildman–Crippen MR) is 57.0 cm³/mol. The molecule has 0 spiro atoms. The molecule has 0 radical (unpaired) electrons. The summed E-state index contributed by atoms with van der Waals surface area (Å²) in [6.07, 6.45) is -20.7. The molecule has 0 rings (SSSR count). The van der Waals surface area contributed by atoms with Crippen LogP contribution in [0.2, 0.25) is 0 Å². The molecular weight excluding hydrogens is 516 g/mol. The Hall–Kier alpha value is -2.11. The Kier molecular flexibility index (Phi) is 7.86. The lowest BCUT2D eigenvalue weighted by atomic mass is 10.3. The second kappa shape index (κ2) is 8.44. The molecule has 0 heterocycles. The second-order valence-corrected chi connectivity index (χ2v) is 6.01. The summed E-state index contributed by atoms with van der Waals surface area (Å²) in [6.45, 7) is 0. The fraction of sp³-hybridized carbons (Fsp3) is 0.667. The third-order valence-corrected chi connectivity index (χ3v) is 3.67. The van der Waals surface area contributed by atoms with E-state index in [-0.39, 0.29) is 0 Å². The van der Waals surface area contributed by atoms with Gasteiger partial charge in [0, 0.05) is 0 Å². The first kappa shape index (κ1) is 28.9. The summed E-state index contributed by atoms with van der Waals surface area (Å²) in [7, 11) is 0. The van der Waals surface area contributed by atoms with Crippen LogP contribution in [0.1, 0.15) is 0 Å². The van der Waals surface area contributed by atoms with Crippen molar-refractivity contribution in [3.63, 3.8) is 0 Å². The highest BCUT2D eigenvalue weighted by atomic mass is 27.3. The van der Waals surface area contributed by atoms with Crippen LogP contribution in [0.5, 0.6) is 0 Å². The number of halogens is 15. The maximum absolute atomic E-state index is 12.7. The van der Waals surface area contributed by atoms with Crippen LogP contribution in [0.4, 0.5) is 65.9 Å². The Morgan fingerprint density at radius 2 is 0.581 bits per heavy atom. The zero-order chi connectivity index (χ0) is 25.4. The van der Waals surface area contributed by atoms with Gasteiger partial charge in [0.25, 0.3) is 0 Å². The summed E-state index contributed by atoms with van der Waals surface area (Å²) >= 11 is -6.41. The van der Waals surface area contributed by atoms with Gasteiger partial charge in [0.1, 0.15) is 0 Å². The standard InChI is InChI=1S/3C3HF5O2.Al/c3*4-2(5,1(9)10)3(6,7)8;/h3*(H,9,10);/q;;;+3/p-3. The number of alkyl halides is 15. The molecule has 0 saturated carbocycles. The third kappa shape index (κ3) is 6.21. The smallest absolute Gasteiger partial charge is 0.546 e. The first-order chi connectivity index (χ1) is 13.3. The molecule has 0 aliphatic rings. The average Bonchev–Trinajstić information content (AvgIpc) is 2.50. The van der Waals surface area contributed by atoms with Gasteiger partial charge in [-0.05, 0) is 0 Å². The second-order valence-electron chi connectivity index (χ2n) is 4.72. The molecule has 6 nitrogen and oxygen atoms in total. The molecule has 0 aromatic rings. The summed E-state index contributed by atoms with van der Waals surface area (Å²) < 4.78 is 192. The molecule has 22 heteroatoms. The van der Waals surface area contributed by atoms with Crippen molar-refractivity contribution in [1.82, 2.24) is 0 Å². The third-order valence-electron chi connectivity index (χ3n) is 2.45. The van der Waals surface area contributed by atoms with E-state index in [1.165, 1.54) is 0 Å². The molecule has 180 valence electrons. The van der Waals surface area contributed by atoms with E-state index >= 15 is 0 Å². The van der Waals surface area contributed by atoms with Crippen LogP contribution in [-0.4, -0.2) is 69.4 Å². The van der Waals surface area contributed by atoms with Crippen molar-refractivity contribution in [2.75, 3.05) is 0 Å². The summed E-state index contributed by atoms with van der Waals surface area (Å²) in [5.74, 6) is -32.3. The van der Waals surface area contributed by atoms with Crippen molar-refractivity contribution in [3.05, 3.63) is 0 Å². The number of rotatable bonds is 6. The van der Waals surface area contributed by atoms with E-state index < -0.39 is 69.4 Å². The van der Waals surface area contributed by atoms with E-state index in [2.05, 4.69) is 11.4 Å². The maximum atomic E-state index is 12.7. The molecule has 0 saturated heterocycles. The Balaban J connectivity index is 5.98. The lowest BCUT2D eigenvalue weighted by Gasteiger charge is -2.23. The van der Waals surface area contributed by atoms with Crippen LogP contribution in [0.3, 0.4) is 0 Å². The minimum absolute atomic E-state index is 2.74. The molecule has 0 unspecified atom stereocenters. The van der Waals surface area contributed by atoms with Gasteiger partial charge in [-0.15, -0.1) is 0 Å². The lowest BCUT2D eigenvalue weighted by molar-refractivity contribution is -0.282. The quantitative estimate of drug-likeness (QED) is 0.399. The normalized spacial score (nSPS) is 14.0. The Morgan fingerprint density at radius 3 is 0.710 bits per heavy atom.